The third kappa shape index (κ3) is 7.04. The van der Waals surface area contributed by atoms with Gasteiger partial charge in [0.05, 0.1) is 13.2 Å². The molecule has 0 aromatic heterocycles. The Morgan fingerprint density at radius 2 is 1.07 bits per heavy atom. The van der Waals surface area contributed by atoms with Crippen molar-refractivity contribution in [2.45, 2.75) is 52.4 Å². The highest BCUT2D eigenvalue weighted by molar-refractivity contribution is 5.72. The number of halogens is 4. The van der Waals surface area contributed by atoms with Gasteiger partial charge in [0.25, 0.3) is 0 Å². The molecule has 4 aromatic carbocycles. The maximum absolute atomic E-state index is 15.1. The third-order valence-electron chi connectivity index (χ3n) is 6.84. The van der Waals surface area contributed by atoms with Gasteiger partial charge < -0.3 is 9.47 Å². The van der Waals surface area contributed by atoms with Crippen molar-refractivity contribution in [1.29, 1.82) is 0 Å². The van der Waals surface area contributed by atoms with Crippen molar-refractivity contribution in [3.63, 3.8) is 0 Å². The monoisotopic (exact) mass is 550 g/mol. The lowest BCUT2D eigenvalue weighted by Crippen LogP contribution is -2.03. The molecule has 0 unspecified atom stereocenters. The lowest BCUT2D eigenvalue weighted by molar-refractivity contribution is 0.288. The van der Waals surface area contributed by atoms with Crippen LogP contribution in [0.4, 0.5) is 17.6 Å². The minimum Gasteiger partial charge on any atom is -0.494 e. The number of rotatable bonds is 13. The first-order valence-corrected chi connectivity index (χ1v) is 13.8. The zero-order valence-electron chi connectivity index (χ0n) is 22.9. The van der Waals surface area contributed by atoms with E-state index in [-0.39, 0.29) is 28.9 Å². The summed E-state index contributed by atoms with van der Waals surface area (Å²) in [5, 5.41) is 0. The second kappa shape index (κ2) is 14.0. The van der Waals surface area contributed by atoms with Crippen molar-refractivity contribution in [3.8, 4) is 33.8 Å². The molecule has 0 aliphatic rings. The summed E-state index contributed by atoms with van der Waals surface area (Å²) in [5.41, 5.74) is 2.54. The molecule has 0 saturated heterocycles. The fourth-order valence-corrected chi connectivity index (χ4v) is 4.39. The zero-order valence-corrected chi connectivity index (χ0v) is 22.9. The second-order valence-electron chi connectivity index (χ2n) is 9.76. The predicted octanol–water partition coefficient (Wildman–Crippen LogP) is 9.72. The van der Waals surface area contributed by atoms with E-state index in [0.717, 1.165) is 31.2 Å². The van der Waals surface area contributed by atoms with Crippen LogP contribution in [0.25, 0.3) is 22.3 Å². The van der Waals surface area contributed by atoms with E-state index in [1.165, 1.54) is 6.07 Å². The molecule has 4 rings (SSSR count). The first kappa shape index (κ1) is 29.2. The highest BCUT2D eigenvalue weighted by Crippen LogP contribution is 2.32. The van der Waals surface area contributed by atoms with Gasteiger partial charge in [-0.25, -0.2) is 13.2 Å². The Balaban J connectivity index is 1.42. The van der Waals surface area contributed by atoms with E-state index in [0.29, 0.717) is 36.5 Å². The van der Waals surface area contributed by atoms with Crippen LogP contribution in [0.15, 0.2) is 72.8 Å². The van der Waals surface area contributed by atoms with E-state index < -0.39 is 23.3 Å². The van der Waals surface area contributed by atoms with Gasteiger partial charge in [-0.3, -0.25) is 0 Å². The summed E-state index contributed by atoms with van der Waals surface area (Å²) in [7, 11) is 0. The molecule has 0 amide bonds. The Morgan fingerprint density at radius 3 is 1.65 bits per heavy atom. The highest BCUT2D eigenvalue weighted by atomic mass is 19.2. The first-order chi connectivity index (χ1) is 19.4. The summed E-state index contributed by atoms with van der Waals surface area (Å²) in [6, 6.07) is 20.1. The fourth-order valence-electron chi connectivity index (χ4n) is 4.39. The number of benzene rings is 4. The van der Waals surface area contributed by atoms with Gasteiger partial charge in [-0.15, -0.1) is 0 Å². The molecule has 0 aliphatic carbocycles. The largest absolute Gasteiger partial charge is 0.494 e. The Hall–Kier alpha value is -3.80. The minimum absolute atomic E-state index is 0.0761. The zero-order chi connectivity index (χ0) is 28.5. The van der Waals surface area contributed by atoms with Crippen molar-refractivity contribution >= 4 is 0 Å². The molecule has 6 heteroatoms. The average Bonchev–Trinajstić information content (AvgIpc) is 2.97. The lowest BCUT2D eigenvalue weighted by atomic mass is 9.97. The highest BCUT2D eigenvalue weighted by Gasteiger charge is 2.17. The number of ether oxygens (including phenoxy) is 2. The Morgan fingerprint density at radius 1 is 0.525 bits per heavy atom. The van der Waals surface area contributed by atoms with E-state index in [2.05, 4.69) is 6.92 Å². The van der Waals surface area contributed by atoms with Gasteiger partial charge in [0.2, 0.25) is 5.82 Å². The van der Waals surface area contributed by atoms with E-state index in [1.807, 2.05) is 6.92 Å². The molecule has 0 fully saturated rings. The summed E-state index contributed by atoms with van der Waals surface area (Å²) in [6.45, 7) is 5.03. The van der Waals surface area contributed by atoms with Gasteiger partial charge >= 0.3 is 0 Å². The van der Waals surface area contributed by atoms with Crippen molar-refractivity contribution in [2.24, 2.45) is 0 Å². The van der Waals surface area contributed by atoms with Crippen molar-refractivity contribution < 1.29 is 27.0 Å². The standard InChI is InChI=1S/C34H34F4O2/c1-3-5-21-39-27-16-13-25(14-17-27)29-19-18-28(32(36)33(29)37)24-10-7-23(8-11-24)9-12-26-15-20-30(34(38)31(26)35)40-22-6-4-2/h7-8,10-11,13-20H,3-6,9,12,21-22H2,1-2H3. The maximum atomic E-state index is 15.1. The van der Waals surface area contributed by atoms with Gasteiger partial charge in [0.15, 0.2) is 23.2 Å². The normalized spacial score (nSPS) is 11.1. The van der Waals surface area contributed by atoms with Gasteiger partial charge in [0, 0.05) is 11.1 Å². The van der Waals surface area contributed by atoms with Crippen LogP contribution in [0.3, 0.4) is 0 Å². The van der Waals surface area contributed by atoms with E-state index in [4.69, 9.17) is 9.47 Å². The molecule has 0 N–H and O–H groups in total. The summed E-state index contributed by atoms with van der Waals surface area (Å²) >= 11 is 0. The average molecular weight is 551 g/mol. The summed E-state index contributed by atoms with van der Waals surface area (Å²) in [6.07, 6.45) is 4.40. The Bertz CT molecular complexity index is 1400. The lowest BCUT2D eigenvalue weighted by Gasteiger charge is -2.12. The SMILES string of the molecule is CCCCOc1ccc(-c2ccc(-c3ccc(CCc4ccc(OCCCC)c(F)c4F)cc3)c(F)c2F)cc1. The van der Waals surface area contributed by atoms with Crippen molar-refractivity contribution in [3.05, 3.63) is 107 Å². The molecule has 0 aliphatic heterocycles. The van der Waals surface area contributed by atoms with Gasteiger partial charge in [-0.2, -0.15) is 4.39 Å². The van der Waals surface area contributed by atoms with Crippen LogP contribution < -0.4 is 9.47 Å². The van der Waals surface area contributed by atoms with Crippen LogP contribution in [0.1, 0.15) is 50.7 Å². The van der Waals surface area contributed by atoms with Crippen LogP contribution in [0.5, 0.6) is 11.5 Å². The smallest absolute Gasteiger partial charge is 0.200 e. The van der Waals surface area contributed by atoms with Crippen LogP contribution >= 0.6 is 0 Å². The molecular formula is C34H34F4O2. The molecule has 4 aromatic rings. The number of aryl methyl sites for hydroxylation is 2. The molecule has 0 saturated carbocycles. The number of hydrogen-bond donors (Lipinski definition) is 0. The van der Waals surface area contributed by atoms with Crippen molar-refractivity contribution in [1.82, 2.24) is 0 Å². The molecule has 210 valence electrons. The van der Waals surface area contributed by atoms with E-state index in [9.17, 15) is 8.78 Å². The molecule has 40 heavy (non-hydrogen) atoms. The Kier molecular flexibility index (Phi) is 10.2. The fraction of sp³-hybridized carbons (Fsp3) is 0.294. The van der Waals surface area contributed by atoms with Crippen LogP contribution in [0.2, 0.25) is 0 Å². The molecule has 0 atom stereocenters. The minimum atomic E-state index is -0.971. The van der Waals surface area contributed by atoms with Crippen LogP contribution in [-0.2, 0) is 12.8 Å². The number of unbranched alkanes of at least 4 members (excludes halogenated alkanes) is 2. The van der Waals surface area contributed by atoms with Crippen molar-refractivity contribution in [2.75, 3.05) is 13.2 Å². The van der Waals surface area contributed by atoms with Crippen LogP contribution in [0, 0.1) is 23.3 Å². The van der Waals surface area contributed by atoms with Gasteiger partial charge in [-0.1, -0.05) is 81.3 Å². The van der Waals surface area contributed by atoms with Crippen LogP contribution in [-0.4, -0.2) is 13.2 Å². The summed E-state index contributed by atoms with van der Waals surface area (Å²) < 4.78 is 70.1. The predicted molar refractivity (Wildman–Crippen MR) is 152 cm³/mol. The van der Waals surface area contributed by atoms with Gasteiger partial charge in [0.1, 0.15) is 5.75 Å². The third-order valence-corrected chi connectivity index (χ3v) is 6.84. The summed E-state index contributed by atoms with van der Waals surface area (Å²) in [5.74, 6) is -3.10. The quantitative estimate of drug-likeness (QED) is 0.122. The Labute approximate surface area is 233 Å². The molecule has 0 heterocycles. The summed E-state index contributed by atoms with van der Waals surface area (Å²) in [4.78, 5) is 0. The molecule has 0 spiro atoms. The molecule has 2 nitrogen and oxygen atoms in total. The molecular weight excluding hydrogens is 516 g/mol. The van der Waals surface area contributed by atoms with Gasteiger partial charge in [-0.05, 0) is 66.1 Å². The van der Waals surface area contributed by atoms with E-state index in [1.54, 1.807) is 66.7 Å². The number of hydrogen-bond acceptors (Lipinski definition) is 2. The second-order valence-corrected chi connectivity index (χ2v) is 9.76. The molecule has 0 radical (unpaired) electrons. The maximum Gasteiger partial charge on any atom is 0.200 e. The topological polar surface area (TPSA) is 18.5 Å². The first-order valence-electron chi connectivity index (χ1n) is 13.8. The molecule has 0 bridgehead atoms. The van der Waals surface area contributed by atoms with E-state index >= 15 is 8.78 Å².